The molecular formula is C18H15FN2O3S. The second kappa shape index (κ2) is 6.68. The number of esters is 1. The molecule has 0 saturated carbocycles. The predicted octanol–water partition coefficient (Wildman–Crippen LogP) is 3.25. The maximum absolute atomic E-state index is 12.8. The molecule has 2 heterocycles. The number of rotatable bonds is 5. The maximum Gasteiger partial charge on any atom is 0.344 e. The number of fused-ring (bicyclic) bond motifs is 1. The van der Waals surface area contributed by atoms with Gasteiger partial charge in [0.15, 0.2) is 11.7 Å². The van der Waals surface area contributed by atoms with Gasteiger partial charge in [-0.15, -0.1) is 0 Å². The highest BCUT2D eigenvalue weighted by Gasteiger charge is 2.32. The van der Waals surface area contributed by atoms with Crippen LogP contribution in [-0.4, -0.2) is 36.8 Å². The molecule has 1 fully saturated rings. The molecule has 0 unspecified atom stereocenters. The van der Waals surface area contributed by atoms with Crippen molar-refractivity contribution in [1.82, 2.24) is 4.98 Å². The molecule has 0 bridgehead atoms. The van der Waals surface area contributed by atoms with Crippen molar-refractivity contribution in [2.45, 2.75) is 6.10 Å². The van der Waals surface area contributed by atoms with E-state index in [4.69, 9.17) is 9.47 Å². The standard InChI is InChI=1S/C18H15FN2O3S/c19-12-5-7-13(8-6-12)23-11-17(22)24-14-9-21(10-14)18-20-15-3-1-2-4-16(15)25-18/h1-8,14H,9-11H2. The fourth-order valence-electron chi connectivity index (χ4n) is 2.56. The summed E-state index contributed by atoms with van der Waals surface area (Å²) < 4.78 is 24.6. The van der Waals surface area contributed by atoms with Crippen molar-refractivity contribution in [3.8, 4) is 5.75 Å². The number of nitrogens with zero attached hydrogens (tertiary/aromatic N) is 2. The first-order valence-corrected chi connectivity index (χ1v) is 8.67. The summed E-state index contributed by atoms with van der Waals surface area (Å²) in [4.78, 5) is 18.5. The van der Waals surface area contributed by atoms with Crippen LogP contribution in [-0.2, 0) is 9.53 Å². The lowest BCUT2D eigenvalue weighted by Crippen LogP contribution is -2.53. The fourth-order valence-corrected chi connectivity index (χ4v) is 3.54. The van der Waals surface area contributed by atoms with Crippen LogP contribution in [0.4, 0.5) is 9.52 Å². The minimum atomic E-state index is -0.432. The van der Waals surface area contributed by atoms with Crippen LogP contribution in [0.3, 0.4) is 0 Å². The molecule has 5 nitrogen and oxygen atoms in total. The third-order valence-electron chi connectivity index (χ3n) is 3.87. The van der Waals surface area contributed by atoms with Crippen molar-refractivity contribution >= 4 is 32.7 Å². The van der Waals surface area contributed by atoms with E-state index in [1.54, 1.807) is 11.3 Å². The Labute approximate surface area is 147 Å². The second-order valence-electron chi connectivity index (χ2n) is 5.72. The number of ether oxygens (including phenoxy) is 2. The van der Waals surface area contributed by atoms with Gasteiger partial charge in [-0.3, -0.25) is 0 Å². The van der Waals surface area contributed by atoms with Crippen molar-refractivity contribution in [2.75, 3.05) is 24.6 Å². The molecule has 1 saturated heterocycles. The molecule has 0 aliphatic carbocycles. The molecule has 2 aromatic carbocycles. The van der Waals surface area contributed by atoms with Crippen molar-refractivity contribution in [1.29, 1.82) is 0 Å². The number of hydrogen-bond acceptors (Lipinski definition) is 6. The van der Waals surface area contributed by atoms with Crippen LogP contribution in [0.25, 0.3) is 10.2 Å². The minimum Gasteiger partial charge on any atom is -0.482 e. The summed E-state index contributed by atoms with van der Waals surface area (Å²) in [7, 11) is 0. The lowest BCUT2D eigenvalue weighted by Gasteiger charge is -2.38. The van der Waals surface area contributed by atoms with Gasteiger partial charge in [0, 0.05) is 0 Å². The molecule has 0 amide bonds. The average Bonchev–Trinajstić information content (AvgIpc) is 3.00. The third kappa shape index (κ3) is 3.56. The van der Waals surface area contributed by atoms with E-state index in [1.165, 1.54) is 24.3 Å². The van der Waals surface area contributed by atoms with E-state index in [0.717, 1.165) is 15.3 Å². The van der Waals surface area contributed by atoms with Gasteiger partial charge in [-0.2, -0.15) is 0 Å². The molecule has 7 heteroatoms. The number of thiazole rings is 1. The van der Waals surface area contributed by atoms with Gasteiger partial charge in [-0.25, -0.2) is 14.2 Å². The number of halogens is 1. The molecule has 1 aliphatic heterocycles. The molecule has 0 atom stereocenters. The highest BCUT2D eigenvalue weighted by molar-refractivity contribution is 7.22. The van der Waals surface area contributed by atoms with Gasteiger partial charge in [0.2, 0.25) is 0 Å². The van der Waals surface area contributed by atoms with Crippen molar-refractivity contribution < 1.29 is 18.7 Å². The summed E-state index contributed by atoms with van der Waals surface area (Å²) in [6.07, 6.45) is -0.156. The van der Waals surface area contributed by atoms with Crippen molar-refractivity contribution in [2.24, 2.45) is 0 Å². The van der Waals surface area contributed by atoms with Gasteiger partial charge in [0.25, 0.3) is 0 Å². The Morgan fingerprint density at radius 1 is 1.20 bits per heavy atom. The molecule has 1 aromatic heterocycles. The summed E-state index contributed by atoms with van der Waals surface area (Å²) >= 11 is 1.63. The SMILES string of the molecule is O=C(COc1ccc(F)cc1)OC1CN(c2nc3ccccc3s2)C1. The molecule has 0 spiro atoms. The number of hydrogen-bond donors (Lipinski definition) is 0. The first-order valence-electron chi connectivity index (χ1n) is 7.86. The molecule has 25 heavy (non-hydrogen) atoms. The molecule has 3 aromatic rings. The van der Waals surface area contributed by atoms with E-state index in [9.17, 15) is 9.18 Å². The van der Waals surface area contributed by atoms with E-state index in [-0.39, 0.29) is 18.5 Å². The highest BCUT2D eigenvalue weighted by Crippen LogP contribution is 2.31. The van der Waals surface area contributed by atoms with Crippen molar-refractivity contribution in [3.63, 3.8) is 0 Å². The number of carbonyl (C=O) groups excluding carboxylic acids is 1. The quantitative estimate of drug-likeness (QED) is 0.656. The lowest BCUT2D eigenvalue weighted by atomic mass is 10.2. The van der Waals surface area contributed by atoms with Gasteiger partial charge < -0.3 is 14.4 Å². The predicted molar refractivity (Wildman–Crippen MR) is 93.6 cm³/mol. The monoisotopic (exact) mass is 358 g/mol. The first kappa shape index (κ1) is 15.8. The fraction of sp³-hybridized carbons (Fsp3) is 0.222. The Bertz CT molecular complexity index is 858. The molecule has 128 valence electrons. The Morgan fingerprint density at radius 3 is 2.72 bits per heavy atom. The molecular weight excluding hydrogens is 343 g/mol. The highest BCUT2D eigenvalue weighted by atomic mass is 32.1. The van der Waals surface area contributed by atoms with E-state index in [0.29, 0.717) is 18.8 Å². The summed E-state index contributed by atoms with van der Waals surface area (Å²) in [5.74, 6) is -0.347. The molecule has 4 rings (SSSR count). The van der Waals surface area contributed by atoms with Crippen molar-refractivity contribution in [3.05, 3.63) is 54.3 Å². The van der Waals surface area contributed by atoms with Gasteiger partial charge >= 0.3 is 5.97 Å². The van der Waals surface area contributed by atoms with Gasteiger partial charge in [0.1, 0.15) is 17.7 Å². The van der Waals surface area contributed by atoms with Crippen LogP contribution in [0.2, 0.25) is 0 Å². The number of anilines is 1. The molecule has 0 radical (unpaired) electrons. The minimum absolute atomic E-state index is 0.156. The van der Waals surface area contributed by atoms with Gasteiger partial charge in [-0.1, -0.05) is 23.5 Å². The normalized spacial score (nSPS) is 14.4. The van der Waals surface area contributed by atoms with Crippen LogP contribution >= 0.6 is 11.3 Å². The largest absolute Gasteiger partial charge is 0.482 e. The number of benzene rings is 2. The lowest BCUT2D eigenvalue weighted by molar-refractivity contribution is -0.152. The number of carbonyl (C=O) groups is 1. The van der Waals surface area contributed by atoms with Crippen LogP contribution in [0.1, 0.15) is 0 Å². The first-order chi connectivity index (χ1) is 12.2. The van der Waals surface area contributed by atoms with Crippen LogP contribution in [0.15, 0.2) is 48.5 Å². The Morgan fingerprint density at radius 2 is 1.96 bits per heavy atom. The Hall–Kier alpha value is -2.67. The zero-order valence-corrected chi connectivity index (χ0v) is 14.0. The zero-order valence-electron chi connectivity index (χ0n) is 13.2. The van der Waals surface area contributed by atoms with Crippen LogP contribution in [0.5, 0.6) is 5.75 Å². The smallest absolute Gasteiger partial charge is 0.344 e. The Balaban J connectivity index is 1.25. The number of aromatic nitrogens is 1. The van der Waals surface area contributed by atoms with Crippen LogP contribution < -0.4 is 9.64 Å². The van der Waals surface area contributed by atoms with E-state index < -0.39 is 5.97 Å². The van der Waals surface area contributed by atoms with E-state index in [2.05, 4.69) is 9.88 Å². The summed E-state index contributed by atoms with van der Waals surface area (Å²) in [5, 5.41) is 0.941. The van der Waals surface area contributed by atoms with Crippen LogP contribution in [0, 0.1) is 5.82 Å². The third-order valence-corrected chi connectivity index (χ3v) is 4.97. The summed E-state index contributed by atoms with van der Waals surface area (Å²) in [5.41, 5.74) is 0.982. The summed E-state index contributed by atoms with van der Waals surface area (Å²) in [6, 6.07) is 13.5. The van der Waals surface area contributed by atoms with Gasteiger partial charge in [-0.05, 0) is 36.4 Å². The average molecular weight is 358 g/mol. The number of para-hydroxylation sites is 1. The van der Waals surface area contributed by atoms with E-state index in [1.807, 2.05) is 24.3 Å². The second-order valence-corrected chi connectivity index (χ2v) is 6.73. The molecule has 1 aliphatic rings. The summed E-state index contributed by atoms with van der Waals surface area (Å²) in [6.45, 7) is 1.06. The topological polar surface area (TPSA) is 51.7 Å². The maximum atomic E-state index is 12.8. The Kier molecular flexibility index (Phi) is 4.23. The molecule has 0 N–H and O–H groups in total. The van der Waals surface area contributed by atoms with E-state index >= 15 is 0 Å². The van der Waals surface area contributed by atoms with Gasteiger partial charge in [0.05, 0.1) is 23.3 Å². The zero-order chi connectivity index (χ0) is 17.2.